The molecule has 0 amide bonds. The van der Waals surface area contributed by atoms with Gasteiger partial charge in [0.15, 0.2) is 0 Å². The summed E-state index contributed by atoms with van der Waals surface area (Å²) in [5.41, 5.74) is 0.803. The first-order valence-corrected chi connectivity index (χ1v) is 6.04. The molecule has 0 spiro atoms. The molecule has 0 radical (unpaired) electrons. The second kappa shape index (κ2) is 5.04. The van der Waals surface area contributed by atoms with Crippen molar-refractivity contribution >= 4 is 50.6 Å². The predicted molar refractivity (Wildman–Crippen MR) is 71.7 cm³/mol. The Balaban J connectivity index is 2.30. The van der Waals surface area contributed by atoms with Crippen LogP contribution in [-0.4, -0.2) is 4.98 Å². The van der Waals surface area contributed by atoms with E-state index in [0.29, 0.717) is 10.0 Å². The van der Waals surface area contributed by atoms with Crippen LogP contribution in [0.4, 0.5) is 11.5 Å². The number of hydrogen-bond donors (Lipinski definition) is 1. The third kappa shape index (κ3) is 2.88. The number of benzene rings is 1. The summed E-state index contributed by atoms with van der Waals surface area (Å²) in [7, 11) is 0. The molecule has 1 aromatic heterocycles. The molecule has 0 bridgehead atoms. The molecule has 1 N–H and O–H groups in total. The van der Waals surface area contributed by atoms with Crippen molar-refractivity contribution in [2.75, 3.05) is 5.32 Å². The van der Waals surface area contributed by atoms with Gasteiger partial charge in [-0.3, -0.25) is 0 Å². The van der Waals surface area contributed by atoms with Gasteiger partial charge in [-0.1, -0.05) is 23.2 Å². The van der Waals surface area contributed by atoms with Crippen molar-refractivity contribution in [3.05, 3.63) is 51.0 Å². The number of aromatic nitrogens is 1. The van der Waals surface area contributed by atoms with E-state index < -0.39 is 0 Å². The standard InChI is InChI=1S/C11H7BrCl2N2/c12-10-2-1-3-15-11(10)16-9-5-7(13)4-8(14)6-9/h1-6H,(H,15,16). The van der Waals surface area contributed by atoms with Crippen LogP contribution < -0.4 is 5.32 Å². The van der Waals surface area contributed by atoms with Crippen LogP contribution in [0.1, 0.15) is 0 Å². The zero-order valence-electron chi connectivity index (χ0n) is 8.05. The third-order valence-corrected chi connectivity index (χ3v) is 2.96. The molecule has 1 heterocycles. The molecule has 0 aliphatic carbocycles. The number of nitrogens with zero attached hydrogens (tertiary/aromatic N) is 1. The van der Waals surface area contributed by atoms with Crippen LogP contribution in [0.25, 0.3) is 0 Å². The fourth-order valence-corrected chi connectivity index (χ4v) is 2.12. The molecule has 0 unspecified atom stereocenters. The minimum Gasteiger partial charge on any atom is -0.339 e. The molecule has 0 saturated carbocycles. The molecule has 0 fully saturated rings. The number of pyridine rings is 1. The van der Waals surface area contributed by atoms with Crippen molar-refractivity contribution in [1.82, 2.24) is 4.98 Å². The predicted octanol–water partition coefficient (Wildman–Crippen LogP) is 4.89. The van der Waals surface area contributed by atoms with Gasteiger partial charge in [-0.15, -0.1) is 0 Å². The Labute approximate surface area is 112 Å². The van der Waals surface area contributed by atoms with E-state index in [1.165, 1.54) is 0 Å². The van der Waals surface area contributed by atoms with Gasteiger partial charge < -0.3 is 5.32 Å². The third-order valence-electron chi connectivity index (χ3n) is 1.88. The Morgan fingerprint density at radius 3 is 2.44 bits per heavy atom. The van der Waals surface area contributed by atoms with Gasteiger partial charge in [0.1, 0.15) is 5.82 Å². The highest BCUT2D eigenvalue weighted by Crippen LogP contribution is 2.27. The maximum absolute atomic E-state index is 5.90. The lowest BCUT2D eigenvalue weighted by Crippen LogP contribution is -1.93. The summed E-state index contributed by atoms with van der Waals surface area (Å²) < 4.78 is 0.881. The largest absolute Gasteiger partial charge is 0.339 e. The smallest absolute Gasteiger partial charge is 0.144 e. The molecule has 2 rings (SSSR count). The van der Waals surface area contributed by atoms with Crippen molar-refractivity contribution in [2.24, 2.45) is 0 Å². The van der Waals surface area contributed by atoms with E-state index in [0.717, 1.165) is 16.0 Å². The highest BCUT2D eigenvalue weighted by Gasteiger charge is 2.02. The lowest BCUT2D eigenvalue weighted by Gasteiger charge is -2.07. The Bertz CT molecular complexity index is 497. The van der Waals surface area contributed by atoms with Gasteiger partial charge in [-0.2, -0.15) is 0 Å². The molecule has 2 aromatic rings. The second-order valence-corrected chi connectivity index (χ2v) is 4.84. The first-order valence-electron chi connectivity index (χ1n) is 4.49. The van der Waals surface area contributed by atoms with Gasteiger partial charge in [0.05, 0.1) is 4.47 Å². The summed E-state index contributed by atoms with van der Waals surface area (Å²) in [5, 5.41) is 4.30. The van der Waals surface area contributed by atoms with Crippen LogP contribution >= 0.6 is 39.1 Å². The van der Waals surface area contributed by atoms with Gasteiger partial charge in [0.25, 0.3) is 0 Å². The molecule has 0 saturated heterocycles. The van der Waals surface area contributed by atoms with Crippen LogP contribution in [0.15, 0.2) is 41.0 Å². The number of nitrogens with one attached hydrogen (secondary N) is 1. The Morgan fingerprint density at radius 2 is 1.81 bits per heavy atom. The van der Waals surface area contributed by atoms with Crippen LogP contribution in [0.2, 0.25) is 10.0 Å². The number of hydrogen-bond acceptors (Lipinski definition) is 2. The van der Waals surface area contributed by atoms with E-state index in [1.54, 1.807) is 24.4 Å². The summed E-state index contributed by atoms with van der Waals surface area (Å²) in [6.07, 6.45) is 1.71. The normalized spacial score (nSPS) is 10.2. The van der Waals surface area contributed by atoms with Crippen LogP contribution in [0.5, 0.6) is 0 Å². The van der Waals surface area contributed by atoms with E-state index in [2.05, 4.69) is 26.2 Å². The van der Waals surface area contributed by atoms with Gasteiger partial charge in [0.2, 0.25) is 0 Å². The average Bonchev–Trinajstić information content (AvgIpc) is 2.20. The Kier molecular flexibility index (Phi) is 3.69. The first kappa shape index (κ1) is 11.7. The van der Waals surface area contributed by atoms with Crippen molar-refractivity contribution < 1.29 is 0 Å². The fraction of sp³-hybridized carbons (Fsp3) is 0. The summed E-state index contributed by atoms with van der Waals surface area (Å²) in [6, 6.07) is 9.01. The molecule has 82 valence electrons. The van der Waals surface area contributed by atoms with Crippen molar-refractivity contribution in [3.8, 4) is 0 Å². The van der Waals surface area contributed by atoms with Gasteiger partial charge >= 0.3 is 0 Å². The van der Waals surface area contributed by atoms with Crippen LogP contribution in [0.3, 0.4) is 0 Å². The van der Waals surface area contributed by atoms with E-state index in [1.807, 2.05) is 12.1 Å². The Morgan fingerprint density at radius 1 is 1.12 bits per heavy atom. The van der Waals surface area contributed by atoms with E-state index >= 15 is 0 Å². The molecule has 16 heavy (non-hydrogen) atoms. The summed E-state index contributed by atoms with van der Waals surface area (Å²) in [5.74, 6) is 0.723. The highest BCUT2D eigenvalue weighted by molar-refractivity contribution is 9.10. The monoisotopic (exact) mass is 316 g/mol. The minimum atomic E-state index is 0.585. The van der Waals surface area contributed by atoms with Gasteiger partial charge in [0, 0.05) is 21.9 Å². The molecular weight excluding hydrogens is 311 g/mol. The molecular formula is C11H7BrCl2N2. The molecule has 1 aromatic carbocycles. The van der Waals surface area contributed by atoms with Crippen molar-refractivity contribution in [1.29, 1.82) is 0 Å². The zero-order chi connectivity index (χ0) is 11.5. The number of rotatable bonds is 2. The first-order chi connectivity index (χ1) is 7.65. The second-order valence-electron chi connectivity index (χ2n) is 3.12. The lowest BCUT2D eigenvalue weighted by atomic mass is 10.3. The molecule has 0 atom stereocenters. The summed E-state index contributed by atoms with van der Waals surface area (Å²) in [4.78, 5) is 4.19. The van der Waals surface area contributed by atoms with Gasteiger partial charge in [-0.05, 0) is 46.3 Å². The average molecular weight is 318 g/mol. The quantitative estimate of drug-likeness (QED) is 0.852. The van der Waals surface area contributed by atoms with E-state index in [9.17, 15) is 0 Å². The molecule has 0 aliphatic rings. The summed E-state index contributed by atoms with van der Waals surface area (Å²) in [6.45, 7) is 0. The van der Waals surface area contributed by atoms with Gasteiger partial charge in [-0.25, -0.2) is 4.98 Å². The van der Waals surface area contributed by atoms with Crippen LogP contribution in [-0.2, 0) is 0 Å². The highest BCUT2D eigenvalue weighted by atomic mass is 79.9. The van der Waals surface area contributed by atoms with Crippen molar-refractivity contribution in [2.45, 2.75) is 0 Å². The van der Waals surface area contributed by atoms with E-state index in [4.69, 9.17) is 23.2 Å². The maximum Gasteiger partial charge on any atom is 0.144 e. The molecule has 0 aliphatic heterocycles. The topological polar surface area (TPSA) is 24.9 Å². The lowest BCUT2D eigenvalue weighted by molar-refractivity contribution is 1.29. The SMILES string of the molecule is Clc1cc(Cl)cc(Nc2ncccc2Br)c1. The number of anilines is 2. The summed E-state index contributed by atoms with van der Waals surface area (Å²) >= 11 is 15.2. The fourth-order valence-electron chi connectivity index (χ4n) is 1.24. The Hall–Kier alpha value is -0.770. The van der Waals surface area contributed by atoms with Crippen LogP contribution in [0, 0.1) is 0 Å². The van der Waals surface area contributed by atoms with E-state index in [-0.39, 0.29) is 0 Å². The van der Waals surface area contributed by atoms with Crippen molar-refractivity contribution in [3.63, 3.8) is 0 Å². The maximum atomic E-state index is 5.90. The molecule has 2 nitrogen and oxygen atoms in total. The minimum absolute atomic E-state index is 0.585. The number of halogens is 3. The molecule has 5 heteroatoms. The zero-order valence-corrected chi connectivity index (χ0v) is 11.1.